The third-order valence-electron chi connectivity index (χ3n) is 2.12. The zero-order valence-corrected chi connectivity index (χ0v) is 9.41. The summed E-state index contributed by atoms with van der Waals surface area (Å²) in [7, 11) is 3.06. The average molecular weight is 233 g/mol. The first-order valence-electron chi connectivity index (χ1n) is 4.88. The minimum Gasteiger partial charge on any atom is -0.463 e. The fraction of sp³-hybridized carbons (Fsp3) is 0.200. The van der Waals surface area contributed by atoms with Crippen LogP contribution in [0.1, 0.15) is 10.6 Å². The Balaban J connectivity index is 2.33. The monoisotopic (exact) mass is 233 g/mol. The molecule has 0 aliphatic carbocycles. The zero-order chi connectivity index (χ0) is 12.3. The Hall–Kier alpha value is -2.44. The van der Waals surface area contributed by atoms with E-state index in [4.69, 9.17) is 0 Å². The Morgan fingerprint density at radius 3 is 3.00 bits per heavy atom. The molecular formula is C10H11N5O2. The number of ether oxygens (including phenoxy) is 1. The van der Waals surface area contributed by atoms with Crippen LogP contribution in [-0.2, 0) is 4.74 Å². The van der Waals surface area contributed by atoms with Crippen molar-refractivity contribution in [2.24, 2.45) is 0 Å². The summed E-state index contributed by atoms with van der Waals surface area (Å²) in [5.41, 5.74) is 0.756. The molecule has 2 heterocycles. The highest BCUT2D eigenvalue weighted by Crippen LogP contribution is 2.10. The molecule has 2 rings (SSSR count). The molecular weight excluding hydrogens is 222 g/mol. The topological polar surface area (TPSA) is 81.9 Å². The maximum Gasteiger partial charge on any atom is 0.377 e. The lowest BCUT2D eigenvalue weighted by Gasteiger charge is -2.02. The number of nitrogens with one attached hydrogen (secondary N) is 1. The lowest BCUT2D eigenvalue weighted by atomic mass is 10.4. The lowest BCUT2D eigenvalue weighted by molar-refractivity contribution is 0.0587. The number of methoxy groups -OCH3 is 1. The molecule has 0 aromatic carbocycles. The van der Waals surface area contributed by atoms with E-state index in [0.717, 1.165) is 5.69 Å². The first kappa shape index (κ1) is 11.1. The fourth-order valence-electron chi connectivity index (χ4n) is 1.27. The predicted octanol–water partition coefficient (Wildman–Crippen LogP) is 0.491. The highest BCUT2D eigenvalue weighted by atomic mass is 16.5. The van der Waals surface area contributed by atoms with Crippen molar-refractivity contribution in [1.29, 1.82) is 0 Å². The normalized spacial score (nSPS) is 10.0. The van der Waals surface area contributed by atoms with E-state index in [0.29, 0.717) is 5.82 Å². The number of hydrogen-bond acceptors (Lipinski definition) is 6. The van der Waals surface area contributed by atoms with Gasteiger partial charge in [0.05, 0.1) is 12.8 Å². The lowest BCUT2D eigenvalue weighted by Crippen LogP contribution is -2.05. The highest BCUT2D eigenvalue weighted by molar-refractivity contribution is 5.84. The summed E-state index contributed by atoms with van der Waals surface area (Å²) < 4.78 is 6.01. The van der Waals surface area contributed by atoms with Gasteiger partial charge in [-0.15, -0.1) is 5.10 Å². The number of aromatic nitrogens is 4. The summed E-state index contributed by atoms with van der Waals surface area (Å²) in [4.78, 5) is 19.1. The second-order valence-corrected chi connectivity index (χ2v) is 3.15. The molecule has 0 aliphatic rings. The molecule has 0 saturated heterocycles. The number of rotatable bonds is 3. The van der Waals surface area contributed by atoms with Gasteiger partial charge in [-0.05, 0) is 6.07 Å². The van der Waals surface area contributed by atoms with Crippen molar-refractivity contribution in [3.05, 3.63) is 30.5 Å². The molecule has 0 bridgehead atoms. The van der Waals surface area contributed by atoms with Crippen LogP contribution in [-0.4, -0.2) is 39.9 Å². The van der Waals surface area contributed by atoms with E-state index in [9.17, 15) is 4.79 Å². The summed E-state index contributed by atoms with van der Waals surface area (Å²) in [6.07, 6.45) is 3.09. The van der Waals surface area contributed by atoms with E-state index in [1.165, 1.54) is 18.1 Å². The molecule has 2 aromatic rings. The number of esters is 1. The fourth-order valence-corrected chi connectivity index (χ4v) is 1.27. The van der Waals surface area contributed by atoms with E-state index >= 15 is 0 Å². The predicted molar refractivity (Wildman–Crippen MR) is 60.0 cm³/mol. The molecule has 88 valence electrons. The van der Waals surface area contributed by atoms with E-state index in [-0.39, 0.29) is 5.82 Å². The smallest absolute Gasteiger partial charge is 0.377 e. The average Bonchev–Trinajstić information content (AvgIpc) is 2.87. The van der Waals surface area contributed by atoms with Crippen LogP contribution in [0.4, 0.5) is 5.82 Å². The minimum atomic E-state index is -0.563. The van der Waals surface area contributed by atoms with E-state index < -0.39 is 5.97 Å². The number of pyridine rings is 1. The van der Waals surface area contributed by atoms with Crippen molar-refractivity contribution in [3.8, 4) is 5.69 Å². The van der Waals surface area contributed by atoms with Crippen molar-refractivity contribution < 1.29 is 9.53 Å². The molecule has 0 amide bonds. The molecule has 0 unspecified atom stereocenters. The largest absolute Gasteiger partial charge is 0.463 e. The third kappa shape index (κ3) is 2.22. The molecule has 1 N–H and O–H groups in total. The minimum absolute atomic E-state index is 0.0234. The number of nitrogens with zero attached hydrogens (tertiary/aromatic N) is 4. The Bertz CT molecular complexity index is 537. The van der Waals surface area contributed by atoms with Gasteiger partial charge in [0.1, 0.15) is 12.1 Å². The van der Waals surface area contributed by atoms with E-state index in [1.54, 1.807) is 25.4 Å². The van der Waals surface area contributed by atoms with Gasteiger partial charge in [0.2, 0.25) is 0 Å². The molecule has 7 heteroatoms. The summed E-state index contributed by atoms with van der Waals surface area (Å²) in [6.45, 7) is 0. The van der Waals surface area contributed by atoms with Crippen LogP contribution >= 0.6 is 0 Å². The number of carbonyl (C=O) groups excluding carboxylic acids is 1. The van der Waals surface area contributed by atoms with E-state index in [2.05, 4.69) is 25.1 Å². The molecule has 7 nitrogen and oxygen atoms in total. The Labute approximate surface area is 97.5 Å². The first-order chi connectivity index (χ1) is 8.24. The molecule has 0 spiro atoms. The van der Waals surface area contributed by atoms with E-state index in [1.807, 2.05) is 0 Å². The van der Waals surface area contributed by atoms with Crippen LogP contribution in [0, 0.1) is 0 Å². The zero-order valence-electron chi connectivity index (χ0n) is 9.41. The Morgan fingerprint density at radius 2 is 2.29 bits per heavy atom. The van der Waals surface area contributed by atoms with Crippen LogP contribution in [0.25, 0.3) is 5.69 Å². The third-order valence-corrected chi connectivity index (χ3v) is 2.12. The van der Waals surface area contributed by atoms with Crippen LogP contribution in [0.15, 0.2) is 24.7 Å². The van der Waals surface area contributed by atoms with Gasteiger partial charge in [-0.1, -0.05) is 0 Å². The molecule has 17 heavy (non-hydrogen) atoms. The van der Waals surface area contributed by atoms with Crippen molar-refractivity contribution in [2.45, 2.75) is 0 Å². The van der Waals surface area contributed by atoms with Crippen LogP contribution in [0.2, 0.25) is 0 Å². The number of hydrogen-bond donors (Lipinski definition) is 1. The second-order valence-electron chi connectivity index (χ2n) is 3.15. The van der Waals surface area contributed by atoms with Crippen LogP contribution in [0.3, 0.4) is 0 Å². The number of anilines is 1. The molecule has 0 saturated carbocycles. The van der Waals surface area contributed by atoms with Gasteiger partial charge in [0, 0.05) is 19.3 Å². The molecule has 0 fully saturated rings. The van der Waals surface area contributed by atoms with Gasteiger partial charge in [-0.2, -0.15) is 0 Å². The van der Waals surface area contributed by atoms with Crippen molar-refractivity contribution in [2.75, 3.05) is 19.5 Å². The first-order valence-corrected chi connectivity index (χ1v) is 4.88. The van der Waals surface area contributed by atoms with Gasteiger partial charge in [-0.3, -0.25) is 0 Å². The molecule has 0 aliphatic heterocycles. The number of carbonyl (C=O) groups is 1. The van der Waals surface area contributed by atoms with Crippen molar-refractivity contribution >= 4 is 11.8 Å². The summed E-state index contributed by atoms with van der Waals surface area (Å²) in [5, 5.41) is 6.92. The molecule has 0 radical (unpaired) electrons. The van der Waals surface area contributed by atoms with Gasteiger partial charge >= 0.3 is 5.97 Å². The quantitative estimate of drug-likeness (QED) is 0.777. The second kappa shape index (κ2) is 4.60. The van der Waals surface area contributed by atoms with Gasteiger partial charge in [-0.25, -0.2) is 19.4 Å². The van der Waals surface area contributed by atoms with Crippen LogP contribution < -0.4 is 5.32 Å². The van der Waals surface area contributed by atoms with Crippen molar-refractivity contribution in [3.63, 3.8) is 0 Å². The van der Waals surface area contributed by atoms with Gasteiger partial charge in [0.25, 0.3) is 5.82 Å². The van der Waals surface area contributed by atoms with Crippen LogP contribution in [0.5, 0.6) is 0 Å². The molecule has 0 atom stereocenters. The maximum absolute atomic E-state index is 11.2. The standard InChI is InChI=1S/C10H11N5O2/c1-11-8-5-7(3-4-12-8)15-6-13-9(14-15)10(16)17-2/h3-6H,1-2H3,(H,11,12). The van der Waals surface area contributed by atoms with Crippen molar-refractivity contribution in [1.82, 2.24) is 19.7 Å². The Kier molecular flexibility index (Phi) is 2.99. The SMILES string of the molecule is CNc1cc(-n2cnc(C(=O)OC)n2)ccn1. The Morgan fingerprint density at radius 1 is 1.47 bits per heavy atom. The molecule has 2 aromatic heterocycles. The van der Waals surface area contributed by atoms with Gasteiger partial charge in [0.15, 0.2) is 0 Å². The maximum atomic E-state index is 11.2. The highest BCUT2D eigenvalue weighted by Gasteiger charge is 2.11. The summed E-state index contributed by atoms with van der Waals surface area (Å²) in [5.74, 6) is 0.166. The summed E-state index contributed by atoms with van der Waals surface area (Å²) >= 11 is 0. The van der Waals surface area contributed by atoms with Gasteiger partial charge < -0.3 is 10.1 Å². The summed E-state index contributed by atoms with van der Waals surface area (Å²) in [6, 6.07) is 3.55.